The Kier molecular flexibility index (Phi) is 7.05. The van der Waals surface area contributed by atoms with Gasteiger partial charge in [-0.15, -0.1) is 0 Å². The second-order valence-corrected chi connectivity index (χ2v) is 8.44. The van der Waals surface area contributed by atoms with E-state index in [1.165, 1.54) is 24.8 Å². The maximum Gasteiger partial charge on any atom is 0.268 e. The number of hydrazone groups is 1. The molecule has 0 heterocycles. The van der Waals surface area contributed by atoms with Crippen molar-refractivity contribution >= 4 is 22.7 Å². The third kappa shape index (κ3) is 5.04. The molecule has 1 aliphatic rings. The highest BCUT2D eigenvalue weighted by Crippen LogP contribution is 2.64. The van der Waals surface area contributed by atoms with Crippen LogP contribution >= 0.6 is 11.8 Å². The molecule has 0 saturated heterocycles. The van der Waals surface area contributed by atoms with Gasteiger partial charge in [-0.2, -0.15) is 5.10 Å². The highest BCUT2D eigenvalue weighted by Gasteiger charge is 2.56. The second-order valence-electron chi connectivity index (χ2n) is 7.12. The van der Waals surface area contributed by atoms with E-state index in [2.05, 4.69) is 22.7 Å². The van der Waals surface area contributed by atoms with Crippen LogP contribution in [0.15, 0.2) is 59.7 Å². The lowest BCUT2D eigenvalue weighted by Crippen LogP contribution is -2.31. The van der Waals surface area contributed by atoms with Gasteiger partial charge in [-0.1, -0.05) is 54.2 Å². The zero-order valence-corrected chi connectivity index (χ0v) is 17.4. The van der Waals surface area contributed by atoms with Crippen molar-refractivity contribution in [2.45, 2.75) is 30.6 Å². The van der Waals surface area contributed by atoms with E-state index in [9.17, 15) is 9.18 Å². The molecule has 29 heavy (non-hydrogen) atoms. The number of nitrogens with zero attached hydrogens (tertiary/aromatic N) is 1. The highest BCUT2D eigenvalue weighted by molar-refractivity contribution is 8.15. The van der Waals surface area contributed by atoms with Crippen LogP contribution in [0.3, 0.4) is 0 Å². The van der Waals surface area contributed by atoms with Crippen molar-refractivity contribution in [2.24, 2.45) is 16.8 Å². The molecule has 1 fully saturated rings. The van der Waals surface area contributed by atoms with Gasteiger partial charge in [0.1, 0.15) is 17.0 Å². The Morgan fingerprint density at radius 2 is 2.10 bits per heavy atom. The molecule has 0 radical (unpaired) electrons. The largest absolute Gasteiger partial charge is 0.372 e. The van der Waals surface area contributed by atoms with Gasteiger partial charge in [0.05, 0.1) is 4.75 Å². The quantitative estimate of drug-likeness (QED) is 0.392. The SMILES string of the molecule is CO[C@@H](C)C(=O)N/N=C(\S[C@@]1(c2ccccc2)CC1CCN)c1cccc(F)c1. The van der Waals surface area contributed by atoms with Crippen molar-refractivity contribution in [3.63, 3.8) is 0 Å². The van der Waals surface area contributed by atoms with Gasteiger partial charge in [0.2, 0.25) is 0 Å². The van der Waals surface area contributed by atoms with Crippen molar-refractivity contribution < 1.29 is 13.9 Å². The molecule has 3 atom stereocenters. The van der Waals surface area contributed by atoms with Crippen LogP contribution in [0.4, 0.5) is 4.39 Å². The minimum Gasteiger partial charge on any atom is -0.372 e. The van der Waals surface area contributed by atoms with E-state index in [0.717, 1.165) is 12.8 Å². The Labute approximate surface area is 174 Å². The Hall–Kier alpha value is -2.22. The zero-order valence-electron chi connectivity index (χ0n) is 16.6. The molecule has 2 aromatic carbocycles. The van der Waals surface area contributed by atoms with Crippen molar-refractivity contribution in [2.75, 3.05) is 13.7 Å². The molecule has 1 aliphatic carbocycles. The maximum absolute atomic E-state index is 13.9. The maximum atomic E-state index is 13.9. The number of carbonyl (C=O) groups excluding carboxylic acids is 1. The van der Waals surface area contributed by atoms with Gasteiger partial charge in [0.25, 0.3) is 5.91 Å². The van der Waals surface area contributed by atoms with Crippen molar-refractivity contribution in [1.29, 1.82) is 0 Å². The summed E-state index contributed by atoms with van der Waals surface area (Å²) in [7, 11) is 1.46. The summed E-state index contributed by atoms with van der Waals surface area (Å²) >= 11 is 1.55. The third-order valence-electron chi connectivity index (χ3n) is 5.17. The van der Waals surface area contributed by atoms with Gasteiger partial charge >= 0.3 is 0 Å². The summed E-state index contributed by atoms with van der Waals surface area (Å²) < 4.78 is 18.7. The molecule has 1 unspecified atom stereocenters. The summed E-state index contributed by atoms with van der Waals surface area (Å²) in [6.45, 7) is 2.25. The van der Waals surface area contributed by atoms with Crippen LogP contribution in [0.2, 0.25) is 0 Å². The molecule has 0 aliphatic heterocycles. The predicted molar refractivity (Wildman–Crippen MR) is 115 cm³/mol. The second kappa shape index (κ2) is 9.52. The molecular weight excluding hydrogens is 389 g/mol. The number of halogens is 1. The summed E-state index contributed by atoms with van der Waals surface area (Å²) in [6, 6.07) is 16.4. The molecule has 3 rings (SSSR count). The standard InChI is InChI=1S/C22H26FN3O2S/c1-15(28-2)20(27)25-26-21(16-7-6-10-19(23)13-16)29-22(14-18(22)11-12-24)17-8-4-3-5-9-17/h3-10,13,15,18H,11-12,14,24H2,1-2H3,(H,25,27)/b26-21-/t15-,18?,22+/m0/s1. The fourth-order valence-corrected chi connectivity index (χ4v) is 4.85. The van der Waals surface area contributed by atoms with Crippen molar-refractivity contribution in [3.8, 4) is 0 Å². The van der Waals surface area contributed by atoms with Gasteiger partial charge < -0.3 is 10.5 Å². The topological polar surface area (TPSA) is 76.7 Å². The number of ether oxygens (including phenoxy) is 1. The molecule has 0 aromatic heterocycles. The van der Waals surface area contributed by atoms with Crippen LogP contribution in [0.5, 0.6) is 0 Å². The van der Waals surface area contributed by atoms with E-state index in [0.29, 0.717) is 23.1 Å². The molecule has 3 N–H and O–H groups in total. The van der Waals surface area contributed by atoms with Crippen LogP contribution in [-0.2, 0) is 14.3 Å². The van der Waals surface area contributed by atoms with Gasteiger partial charge in [-0.05, 0) is 49.9 Å². The molecule has 0 bridgehead atoms. The number of carbonyl (C=O) groups is 1. The van der Waals surface area contributed by atoms with Crippen molar-refractivity contribution in [3.05, 3.63) is 71.5 Å². The molecule has 2 aromatic rings. The van der Waals surface area contributed by atoms with E-state index >= 15 is 0 Å². The number of methoxy groups -OCH3 is 1. The first-order valence-electron chi connectivity index (χ1n) is 9.61. The number of nitrogens with two attached hydrogens (primary N) is 1. The average molecular weight is 416 g/mol. The first-order valence-corrected chi connectivity index (χ1v) is 10.4. The van der Waals surface area contributed by atoms with E-state index < -0.39 is 6.10 Å². The summed E-state index contributed by atoms with van der Waals surface area (Å²) in [5.41, 5.74) is 10.2. The number of hydrogen-bond acceptors (Lipinski definition) is 5. The molecule has 7 heteroatoms. The third-order valence-corrected chi connectivity index (χ3v) is 6.79. The number of amides is 1. The van der Waals surface area contributed by atoms with E-state index in [-0.39, 0.29) is 16.5 Å². The van der Waals surface area contributed by atoms with Crippen molar-refractivity contribution in [1.82, 2.24) is 5.43 Å². The number of hydrogen-bond donors (Lipinski definition) is 2. The zero-order chi connectivity index (χ0) is 20.9. The number of rotatable bonds is 8. The number of nitrogens with one attached hydrogen (secondary N) is 1. The van der Waals surface area contributed by atoms with Gasteiger partial charge in [0, 0.05) is 12.7 Å². The molecule has 1 saturated carbocycles. The van der Waals surface area contributed by atoms with Crippen LogP contribution < -0.4 is 11.2 Å². The van der Waals surface area contributed by atoms with E-state index in [1.807, 2.05) is 18.2 Å². The fourth-order valence-electron chi connectivity index (χ4n) is 3.35. The van der Waals surface area contributed by atoms with E-state index in [4.69, 9.17) is 10.5 Å². The molecule has 0 spiro atoms. The predicted octanol–water partition coefficient (Wildman–Crippen LogP) is 3.64. The highest BCUT2D eigenvalue weighted by atomic mass is 32.2. The molecular formula is C22H26FN3O2S. The molecule has 1 amide bonds. The molecule has 154 valence electrons. The monoisotopic (exact) mass is 415 g/mol. The van der Waals surface area contributed by atoms with Gasteiger partial charge in [0.15, 0.2) is 0 Å². The number of benzene rings is 2. The summed E-state index contributed by atoms with van der Waals surface area (Å²) in [6.07, 6.45) is 1.22. The summed E-state index contributed by atoms with van der Waals surface area (Å²) in [4.78, 5) is 12.2. The van der Waals surface area contributed by atoms with Crippen LogP contribution in [0, 0.1) is 11.7 Å². The Balaban J connectivity index is 1.94. The molecule has 5 nitrogen and oxygen atoms in total. The van der Waals surface area contributed by atoms with Crippen LogP contribution in [0.1, 0.15) is 30.9 Å². The summed E-state index contributed by atoms with van der Waals surface area (Å²) in [5, 5.41) is 4.91. The lowest BCUT2D eigenvalue weighted by Gasteiger charge is -2.19. The fraction of sp³-hybridized carbons (Fsp3) is 0.364. The smallest absolute Gasteiger partial charge is 0.268 e. The first-order chi connectivity index (χ1) is 14.0. The van der Waals surface area contributed by atoms with Gasteiger partial charge in [-0.25, -0.2) is 9.82 Å². The minimum atomic E-state index is -0.633. The first kappa shape index (κ1) is 21.5. The van der Waals surface area contributed by atoms with Crippen LogP contribution in [0.25, 0.3) is 0 Å². The lowest BCUT2D eigenvalue weighted by molar-refractivity contribution is -0.130. The normalized spacial score (nSPS) is 22.2. The average Bonchev–Trinajstić information content (AvgIpc) is 3.44. The Morgan fingerprint density at radius 1 is 1.34 bits per heavy atom. The number of thioether (sulfide) groups is 1. The van der Waals surface area contributed by atoms with Crippen LogP contribution in [-0.4, -0.2) is 30.7 Å². The van der Waals surface area contributed by atoms with E-state index in [1.54, 1.807) is 30.8 Å². The Morgan fingerprint density at radius 3 is 2.76 bits per heavy atom. The summed E-state index contributed by atoms with van der Waals surface area (Å²) in [5.74, 6) is -0.312. The lowest BCUT2D eigenvalue weighted by atomic mass is 10.1. The Bertz CT molecular complexity index is 877. The van der Waals surface area contributed by atoms with Gasteiger partial charge in [-0.3, -0.25) is 4.79 Å². The minimum absolute atomic E-state index is 0.191.